The van der Waals surface area contributed by atoms with Gasteiger partial charge in [0.25, 0.3) is 0 Å². The normalized spacial score (nSPS) is 40.8. The summed E-state index contributed by atoms with van der Waals surface area (Å²) in [6, 6.07) is 13.7. The number of anilines is 1. The number of nitrogens with two attached hydrogens (primary N) is 1. The standard InChI is InChI=1S/C50H69NO6/c1-27(2)18-29-20-31(22-32(51)21-29)34-14-11-15-36(34)50(9)45(57-50)38(53)19-28(3)42-37-16-17-41-47(6)24-35(30-12-10-13-33(52)23-30)44(56)46(4,5)43(47)40(55)26-49(41,8)48(37,7)25-39(42)54/h10,12-13,20-23,27-28,34-36,38,40-41,43,45,52-53,55H,11,14-19,24-26,51H2,1-9H3/t28-,34+,35-,36-,38-,40+,41-,43+,45-,47+,48+,49+,50-/m1/s1. The Labute approximate surface area is 341 Å². The van der Waals surface area contributed by atoms with Crippen molar-refractivity contribution in [1.82, 2.24) is 0 Å². The average Bonchev–Trinajstić information content (AvgIpc) is 3.41. The molecule has 5 N–H and O–H groups in total. The number of carbonyl (C=O) groups excluding carboxylic acids is 2. The minimum Gasteiger partial charge on any atom is -0.508 e. The zero-order valence-electron chi connectivity index (χ0n) is 36.0. The Balaban J connectivity index is 1.03. The lowest BCUT2D eigenvalue weighted by Crippen LogP contribution is -2.67. The van der Waals surface area contributed by atoms with Crippen LogP contribution in [0.2, 0.25) is 0 Å². The monoisotopic (exact) mass is 780 g/mol. The van der Waals surface area contributed by atoms with Gasteiger partial charge in [0.15, 0.2) is 5.78 Å². The van der Waals surface area contributed by atoms with E-state index >= 15 is 0 Å². The summed E-state index contributed by atoms with van der Waals surface area (Å²) in [4.78, 5) is 28.6. The van der Waals surface area contributed by atoms with E-state index in [-0.39, 0.29) is 57.9 Å². The molecule has 4 saturated carbocycles. The van der Waals surface area contributed by atoms with Crippen molar-refractivity contribution in [1.29, 1.82) is 0 Å². The number of nitrogen functional groups attached to an aromatic ring is 1. The Morgan fingerprint density at radius 2 is 1.67 bits per heavy atom. The van der Waals surface area contributed by atoms with Crippen molar-refractivity contribution in [3.8, 4) is 5.75 Å². The fourth-order valence-corrected chi connectivity index (χ4v) is 15.1. The Morgan fingerprint density at radius 1 is 0.930 bits per heavy atom. The maximum Gasteiger partial charge on any atom is 0.159 e. The van der Waals surface area contributed by atoms with Crippen LogP contribution in [0, 0.1) is 51.2 Å². The number of rotatable bonds is 9. The number of hydrogen-bond donors (Lipinski definition) is 4. The number of ether oxygens (including phenoxy) is 1. The molecule has 0 aromatic heterocycles. The summed E-state index contributed by atoms with van der Waals surface area (Å²) in [5.41, 5.74) is 10.4. The maximum atomic E-state index is 14.4. The first-order chi connectivity index (χ1) is 26.7. The van der Waals surface area contributed by atoms with E-state index < -0.39 is 28.6 Å². The fourth-order valence-electron chi connectivity index (χ4n) is 15.1. The second kappa shape index (κ2) is 13.8. The van der Waals surface area contributed by atoms with E-state index in [1.807, 2.05) is 26.0 Å². The summed E-state index contributed by atoms with van der Waals surface area (Å²) in [6.07, 6.45) is 6.38. The quantitative estimate of drug-likeness (QED) is 0.147. The molecule has 7 nitrogen and oxygen atoms in total. The molecule has 2 aromatic rings. The summed E-state index contributed by atoms with van der Waals surface area (Å²) in [7, 11) is 0. The van der Waals surface area contributed by atoms with Gasteiger partial charge in [-0.05, 0) is 145 Å². The van der Waals surface area contributed by atoms with Gasteiger partial charge in [-0.15, -0.1) is 0 Å². The van der Waals surface area contributed by atoms with Crippen LogP contribution in [0.1, 0.15) is 149 Å². The van der Waals surface area contributed by atoms with Crippen LogP contribution in [-0.4, -0.2) is 50.8 Å². The van der Waals surface area contributed by atoms with Gasteiger partial charge in [0.1, 0.15) is 17.6 Å². The van der Waals surface area contributed by atoms with Crippen LogP contribution in [0.3, 0.4) is 0 Å². The van der Waals surface area contributed by atoms with Gasteiger partial charge in [-0.2, -0.15) is 0 Å². The summed E-state index contributed by atoms with van der Waals surface area (Å²) < 4.78 is 6.53. The van der Waals surface area contributed by atoms with Crippen LogP contribution in [-0.2, 0) is 20.7 Å². The molecule has 0 spiro atoms. The van der Waals surface area contributed by atoms with Crippen LogP contribution in [0.5, 0.6) is 5.75 Å². The number of allylic oxidation sites excluding steroid dienone is 2. The number of ketones is 2. The molecule has 1 aliphatic heterocycles. The van der Waals surface area contributed by atoms with Crippen LogP contribution < -0.4 is 5.73 Å². The molecule has 0 amide bonds. The maximum absolute atomic E-state index is 14.4. The molecule has 7 heteroatoms. The molecule has 2 aromatic carbocycles. The highest BCUT2D eigenvalue weighted by molar-refractivity contribution is 6.00. The smallest absolute Gasteiger partial charge is 0.159 e. The minimum atomic E-state index is -0.759. The second-order valence-corrected chi connectivity index (χ2v) is 21.7. The summed E-state index contributed by atoms with van der Waals surface area (Å²) in [5, 5.41) is 34.5. The Morgan fingerprint density at radius 3 is 2.37 bits per heavy atom. The molecule has 310 valence electrons. The average molecular weight is 780 g/mol. The zero-order chi connectivity index (χ0) is 41.2. The number of phenols is 1. The van der Waals surface area contributed by atoms with Crippen molar-refractivity contribution in [2.45, 2.75) is 162 Å². The van der Waals surface area contributed by atoms with Gasteiger partial charge in [0.05, 0.1) is 17.8 Å². The molecule has 5 aliphatic carbocycles. The third kappa shape index (κ3) is 6.21. The Hall–Kier alpha value is -3.00. The first-order valence-corrected chi connectivity index (χ1v) is 22.2. The first-order valence-electron chi connectivity index (χ1n) is 22.2. The molecule has 6 aliphatic rings. The summed E-state index contributed by atoms with van der Waals surface area (Å²) >= 11 is 0. The number of hydrogen-bond acceptors (Lipinski definition) is 7. The number of carbonyl (C=O) groups is 2. The lowest BCUT2D eigenvalue weighted by Gasteiger charge is -2.69. The molecular weight excluding hydrogens is 711 g/mol. The molecule has 57 heavy (non-hydrogen) atoms. The second-order valence-electron chi connectivity index (χ2n) is 21.7. The van der Waals surface area contributed by atoms with Gasteiger partial charge in [0, 0.05) is 34.8 Å². The van der Waals surface area contributed by atoms with Crippen molar-refractivity contribution < 1.29 is 29.6 Å². The van der Waals surface area contributed by atoms with E-state index in [0.717, 1.165) is 55.3 Å². The number of fused-ring (bicyclic) bond motifs is 5. The summed E-state index contributed by atoms with van der Waals surface area (Å²) in [5.74, 6) is 1.14. The highest BCUT2D eigenvalue weighted by atomic mass is 16.6. The number of aliphatic hydroxyl groups excluding tert-OH is 2. The van der Waals surface area contributed by atoms with Crippen molar-refractivity contribution >= 4 is 17.3 Å². The summed E-state index contributed by atoms with van der Waals surface area (Å²) in [6.45, 7) is 19.7. The molecule has 13 atom stereocenters. The molecule has 1 saturated heterocycles. The van der Waals surface area contributed by atoms with E-state index in [1.165, 1.54) is 16.7 Å². The van der Waals surface area contributed by atoms with Crippen molar-refractivity contribution in [3.63, 3.8) is 0 Å². The third-order valence-electron chi connectivity index (χ3n) is 17.4. The molecule has 1 heterocycles. The molecule has 0 radical (unpaired) electrons. The van der Waals surface area contributed by atoms with Crippen molar-refractivity contribution in [2.75, 3.05) is 5.73 Å². The lowest BCUT2D eigenvalue weighted by molar-refractivity contribution is -0.219. The molecule has 0 unspecified atom stereocenters. The third-order valence-corrected chi connectivity index (χ3v) is 17.4. The van der Waals surface area contributed by atoms with Crippen LogP contribution >= 0.6 is 0 Å². The predicted octanol–water partition coefficient (Wildman–Crippen LogP) is 9.46. The zero-order valence-corrected chi connectivity index (χ0v) is 36.0. The molecule has 0 bridgehead atoms. The first kappa shape index (κ1) is 40.8. The minimum absolute atomic E-state index is 0.122. The highest BCUT2D eigenvalue weighted by Crippen LogP contribution is 2.75. The van der Waals surface area contributed by atoms with E-state index in [1.54, 1.807) is 12.1 Å². The number of aromatic hydroxyl groups is 1. The number of Topliss-reactive ketones (excluding diaryl/α,β-unsaturated/α-hetero) is 2. The van der Waals surface area contributed by atoms with E-state index in [0.29, 0.717) is 43.4 Å². The van der Waals surface area contributed by atoms with E-state index in [2.05, 4.69) is 66.7 Å². The van der Waals surface area contributed by atoms with Gasteiger partial charge >= 0.3 is 0 Å². The van der Waals surface area contributed by atoms with Gasteiger partial charge in [-0.1, -0.05) is 85.6 Å². The van der Waals surface area contributed by atoms with Gasteiger partial charge < -0.3 is 25.8 Å². The number of epoxide rings is 1. The lowest BCUT2D eigenvalue weighted by atomic mass is 9.35. The molecule has 8 rings (SSSR count). The number of phenolic OH excluding ortho intramolecular Hbond substituents is 1. The van der Waals surface area contributed by atoms with Gasteiger partial charge in [0.2, 0.25) is 0 Å². The van der Waals surface area contributed by atoms with Gasteiger partial charge in [-0.25, -0.2) is 0 Å². The van der Waals surface area contributed by atoms with Crippen LogP contribution in [0.25, 0.3) is 0 Å². The van der Waals surface area contributed by atoms with Crippen LogP contribution in [0.4, 0.5) is 5.69 Å². The van der Waals surface area contributed by atoms with E-state index in [4.69, 9.17) is 10.5 Å². The SMILES string of the molecule is CC(C)Cc1cc(N)cc([C@@H]2CCC[C@H]2[C@@]2(C)O[C@@H]2[C@H](O)C[C@@H](C)C2=C3CC[C@@H]4[C@]5(C)C[C@H](c6cccc(O)c6)C(=O)C(C)(C)[C@@H]5[C@@H](O)C[C@]4(C)[C@@]3(C)CC2=O)c1. The Kier molecular flexibility index (Phi) is 9.85. The van der Waals surface area contributed by atoms with Crippen molar-refractivity contribution in [2.24, 2.45) is 51.2 Å². The predicted molar refractivity (Wildman–Crippen MR) is 225 cm³/mol. The van der Waals surface area contributed by atoms with E-state index in [9.17, 15) is 24.9 Å². The fraction of sp³-hybridized carbons (Fsp3) is 0.680. The highest BCUT2D eigenvalue weighted by Gasteiger charge is 2.71. The largest absolute Gasteiger partial charge is 0.508 e. The van der Waals surface area contributed by atoms with Crippen molar-refractivity contribution in [3.05, 3.63) is 70.3 Å². The van der Waals surface area contributed by atoms with Gasteiger partial charge in [-0.3, -0.25) is 9.59 Å². The Bertz CT molecular complexity index is 1980. The molecular formula is C50H69NO6. The molecule has 5 fully saturated rings. The topological polar surface area (TPSA) is 133 Å². The van der Waals surface area contributed by atoms with Crippen LogP contribution in [0.15, 0.2) is 53.6 Å². The number of benzene rings is 2. The number of aliphatic hydroxyl groups is 2.